The van der Waals surface area contributed by atoms with Crippen LogP contribution < -0.4 is 9.47 Å². The van der Waals surface area contributed by atoms with Crippen LogP contribution in [0.1, 0.15) is 33.6 Å². The number of aliphatic hydroxyl groups excluding tert-OH is 1. The third-order valence-electron chi connectivity index (χ3n) is 6.32. The maximum Gasteiger partial charge on any atom is 0.337 e. The molecule has 0 radical (unpaired) electrons. The number of likely N-dealkylation sites (tertiary alicyclic amines) is 1. The van der Waals surface area contributed by atoms with Gasteiger partial charge in [0.15, 0.2) is 11.6 Å². The fourth-order valence-electron chi connectivity index (χ4n) is 4.73. The molecule has 1 aliphatic carbocycles. The SMILES string of the molecule is COC(=O)c1cccc(O[C@@H]2C[C@@H]3CN(C(=O)c4cccc(F)c4OC)C[C@@H]3C[C@H]2O)c1. The van der Waals surface area contributed by atoms with Gasteiger partial charge in [-0.15, -0.1) is 0 Å². The summed E-state index contributed by atoms with van der Waals surface area (Å²) < 4.78 is 29.9. The molecule has 1 aliphatic heterocycles. The molecular weight excluding hydrogens is 417 g/mol. The first-order valence-corrected chi connectivity index (χ1v) is 10.6. The van der Waals surface area contributed by atoms with Crippen LogP contribution >= 0.6 is 0 Å². The predicted molar refractivity (Wildman–Crippen MR) is 113 cm³/mol. The topological polar surface area (TPSA) is 85.3 Å². The van der Waals surface area contributed by atoms with E-state index in [0.717, 1.165) is 0 Å². The first-order valence-electron chi connectivity index (χ1n) is 10.6. The lowest BCUT2D eigenvalue weighted by atomic mass is 9.78. The van der Waals surface area contributed by atoms with Crippen molar-refractivity contribution < 1.29 is 33.3 Å². The summed E-state index contributed by atoms with van der Waals surface area (Å²) in [6, 6.07) is 10.9. The first-order chi connectivity index (χ1) is 15.4. The van der Waals surface area contributed by atoms with Crippen LogP contribution in [-0.4, -0.2) is 61.4 Å². The van der Waals surface area contributed by atoms with Crippen LogP contribution in [0, 0.1) is 17.7 Å². The molecule has 2 aromatic rings. The minimum atomic E-state index is -0.697. The van der Waals surface area contributed by atoms with Gasteiger partial charge in [0.1, 0.15) is 11.9 Å². The summed E-state index contributed by atoms with van der Waals surface area (Å²) in [4.78, 5) is 26.5. The minimum absolute atomic E-state index is 0.0564. The Labute approximate surface area is 185 Å². The maximum absolute atomic E-state index is 14.0. The molecule has 0 unspecified atom stereocenters. The second kappa shape index (κ2) is 9.16. The zero-order valence-corrected chi connectivity index (χ0v) is 18.0. The molecule has 1 amide bonds. The van der Waals surface area contributed by atoms with E-state index >= 15 is 0 Å². The van der Waals surface area contributed by atoms with Gasteiger partial charge in [-0.3, -0.25) is 4.79 Å². The number of amides is 1. The van der Waals surface area contributed by atoms with Crippen molar-refractivity contribution in [3.05, 3.63) is 59.4 Å². The third-order valence-corrected chi connectivity index (χ3v) is 6.32. The summed E-state index contributed by atoms with van der Waals surface area (Å²) >= 11 is 0. The number of rotatable bonds is 5. The van der Waals surface area contributed by atoms with Crippen molar-refractivity contribution in [2.24, 2.45) is 11.8 Å². The molecule has 8 heteroatoms. The van der Waals surface area contributed by atoms with Crippen molar-refractivity contribution in [3.8, 4) is 11.5 Å². The lowest BCUT2D eigenvalue weighted by Crippen LogP contribution is -2.42. The highest BCUT2D eigenvalue weighted by Crippen LogP contribution is 2.39. The van der Waals surface area contributed by atoms with Crippen molar-refractivity contribution >= 4 is 11.9 Å². The summed E-state index contributed by atoms with van der Waals surface area (Å²) in [7, 11) is 2.65. The summed E-state index contributed by atoms with van der Waals surface area (Å²) in [6.07, 6.45) is -0.0891. The number of hydrogen-bond acceptors (Lipinski definition) is 6. The van der Waals surface area contributed by atoms with Gasteiger partial charge in [-0.1, -0.05) is 12.1 Å². The van der Waals surface area contributed by atoms with Crippen molar-refractivity contribution in [1.29, 1.82) is 0 Å². The van der Waals surface area contributed by atoms with Crippen molar-refractivity contribution in [2.75, 3.05) is 27.3 Å². The standard InChI is InChI=1S/C24H26FNO6/c1-30-22-18(7-4-8-19(22)25)23(28)26-12-15-10-20(27)21(11-16(15)13-26)32-17-6-3-5-14(9-17)24(29)31-2/h3-9,15-16,20-21,27H,10-13H2,1-2H3/t15-,16+,20+,21+/m0/s1. The first kappa shape index (κ1) is 22.1. The average molecular weight is 443 g/mol. The minimum Gasteiger partial charge on any atom is -0.493 e. The number of methoxy groups -OCH3 is 2. The smallest absolute Gasteiger partial charge is 0.337 e. The molecule has 1 saturated carbocycles. The molecule has 32 heavy (non-hydrogen) atoms. The molecular formula is C24H26FNO6. The van der Waals surface area contributed by atoms with Crippen LogP contribution in [0.4, 0.5) is 4.39 Å². The zero-order chi connectivity index (χ0) is 22.8. The van der Waals surface area contributed by atoms with Crippen LogP contribution in [0.5, 0.6) is 11.5 Å². The number of aliphatic hydroxyl groups is 1. The number of halogens is 1. The molecule has 1 saturated heterocycles. The van der Waals surface area contributed by atoms with E-state index in [2.05, 4.69) is 0 Å². The molecule has 0 spiro atoms. The molecule has 2 aromatic carbocycles. The van der Waals surface area contributed by atoms with Crippen molar-refractivity contribution in [2.45, 2.75) is 25.0 Å². The Balaban J connectivity index is 1.45. The number of carbonyl (C=O) groups is 2. The Bertz CT molecular complexity index is 1010. The van der Waals surface area contributed by atoms with E-state index in [1.54, 1.807) is 35.2 Å². The van der Waals surface area contributed by atoms with E-state index < -0.39 is 24.0 Å². The summed E-state index contributed by atoms with van der Waals surface area (Å²) in [5.41, 5.74) is 0.564. The zero-order valence-electron chi connectivity index (χ0n) is 18.0. The number of fused-ring (bicyclic) bond motifs is 1. The largest absolute Gasteiger partial charge is 0.493 e. The quantitative estimate of drug-likeness (QED) is 0.716. The Morgan fingerprint density at radius 3 is 2.50 bits per heavy atom. The van der Waals surface area contributed by atoms with E-state index in [0.29, 0.717) is 37.2 Å². The number of carbonyl (C=O) groups excluding carboxylic acids is 2. The van der Waals surface area contributed by atoms with Gasteiger partial charge >= 0.3 is 5.97 Å². The Morgan fingerprint density at radius 1 is 1.06 bits per heavy atom. The monoisotopic (exact) mass is 443 g/mol. The number of hydrogen-bond donors (Lipinski definition) is 1. The molecule has 7 nitrogen and oxygen atoms in total. The number of nitrogens with zero attached hydrogens (tertiary/aromatic N) is 1. The van der Waals surface area contributed by atoms with Crippen LogP contribution in [0.2, 0.25) is 0 Å². The van der Waals surface area contributed by atoms with Gasteiger partial charge in [-0.2, -0.15) is 0 Å². The molecule has 170 valence electrons. The number of esters is 1. The van der Waals surface area contributed by atoms with E-state index in [1.807, 2.05) is 0 Å². The van der Waals surface area contributed by atoms with Gasteiger partial charge in [-0.05, 0) is 55.0 Å². The fourth-order valence-corrected chi connectivity index (χ4v) is 4.73. The van der Waals surface area contributed by atoms with E-state index in [9.17, 15) is 19.1 Å². The lowest BCUT2D eigenvalue weighted by Gasteiger charge is -2.35. The number of para-hydroxylation sites is 1. The highest BCUT2D eigenvalue weighted by Gasteiger charge is 2.44. The Morgan fingerprint density at radius 2 is 1.78 bits per heavy atom. The highest BCUT2D eigenvalue weighted by atomic mass is 19.1. The fraction of sp³-hybridized carbons (Fsp3) is 0.417. The molecule has 1 heterocycles. The average Bonchev–Trinajstić information content (AvgIpc) is 3.21. The van der Waals surface area contributed by atoms with Gasteiger partial charge in [-0.25, -0.2) is 9.18 Å². The second-order valence-electron chi connectivity index (χ2n) is 8.27. The van der Waals surface area contributed by atoms with Crippen LogP contribution in [0.25, 0.3) is 0 Å². The summed E-state index contributed by atoms with van der Waals surface area (Å²) in [5, 5.41) is 10.7. The van der Waals surface area contributed by atoms with Gasteiger partial charge in [0.2, 0.25) is 0 Å². The Hall–Kier alpha value is -3.13. The van der Waals surface area contributed by atoms with Crippen LogP contribution in [0.3, 0.4) is 0 Å². The summed E-state index contributed by atoms with van der Waals surface area (Å²) in [6.45, 7) is 0.989. The van der Waals surface area contributed by atoms with Crippen LogP contribution in [-0.2, 0) is 4.74 Å². The van der Waals surface area contributed by atoms with E-state index in [4.69, 9.17) is 14.2 Å². The second-order valence-corrected chi connectivity index (χ2v) is 8.27. The molecule has 0 aromatic heterocycles. The normalized spacial score (nSPS) is 24.6. The van der Waals surface area contributed by atoms with Gasteiger partial charge in [0.25, 0.3) is 5.91 Å². The molecule has 0 bridgehead atoms. The third kappa shape index (κ3) is 4.27. The van der Waals surface area contributed by atoms with E-state index in [-0.39, 0.29) is 29.1 Å². The van der Waals surface area contributed by atoms with Gasteiger partial charge in [0, 0.05) is 13.1 Å². The lowest BCUT2D eigenvalue weighted by molar-refractivity contribution is -0.0231. The molecule has 2 aliphatic rings. The molecule has 4 atom stereocenters. The summed E-state index contributed by atoms with van der Waals surface area (Å²) in [5.74, 6) is -0.616. The highest BCUT2D eigenvalue weighted by molar-refractivity contribution is 5.97. The van der Waals surface area contributed by atoms with Crippen LogP contribution in [0.15, 0.2) is 42.5 Å². The van der Waals surface area contributed by atoms with Gasteiger partial charge in [0.05, 0.1) is 31.5 Å². The van der Waals surface area contributed by atoms with Crippen molar-refractivity contribution in [3.63, 3.8) is 0 Å². The maximum atomic E-state index is 14.0. The Kier molecular flexibility index (Phi) is 6.32. The molecule has 2 fully saturated rings. The number of ether oxygens (including phenoxy) is 3. The van der Waals surface area contributed by atoms with E-state index in [1.165, 1.54) is 26.4 Å². The number of benzene rings is 2. The molecule has 1 N–H and O–H groups in total. The van der Waals surface area contributed by atoms with Crippen molar-refractivity contribution in [1.82, 2.24) is 4.90 Å². The predicted octanol–water partition coefficient (Wildman–Crippen LogP) is 2.91. The molecule has 4 rings (SSSR count). The van der Waals surface area contributed by atoms with Gasteiger partial charge < -0.3 is 24.2 Å².